The molecular formula is C30H31Cl2N5O3. The minimum atomic E-state index is -0.448. The van der Waals surface area contributed by atoms with Gasteiger partial charge in [-0.15, -0.1) is 0 Å². The lowest BCUT2D eigenvalue weighted by Gasteiger charge is -2.25. The van der Waals surface area contributed by atoms with Crippen molar-refractivity contribution in [2.75, 3.05) is 30.8 Å². The molecule has 0 aliphatic heterocycles. The highest BCUT2D eigenvalue weighted by Gasteiger charge is 2.24. The minimum absolute atomic E-state index is 0.117. The van der Waals surface area contributed by atoms with E-state index in [0.29, 0.717) is 33.8 Å². The molecule has 0 bridgehead atoms. The Bertz CT molecular complexity index is 1490. The van der Waals surface area contributed by atoms with Crippen LogP contribution in [0.4, 0.5) is 16.3 Å². The number of urea groups is 1. The smallest absolute Gasteiger partial charge is 0.322 e. The molecule has 1 heterocycles. The van der Waals surface area contributed by atoms with Crippen molar-refractivity contribution >= 4 is 46.6 Å². The van der Waals surface area contributed by atoms with Gasteiger partial charge in [0, 0.05) is 17.1 Å². The number of carbonyl (C=O) groups is 2. The van der Waals surface area contributed by atoms with E-state index in [0.717, 1.165) is 22.5 Å². The molecule has 208 valence electrons. The number of carbonyl (C=O) groups excluding carboxylic acids is 2. The summed E-state index contributed by atoms with van der Waals surface area (Å²) in [6.07, 6.45) is 0. The van der Waals surface area contributed by atoms with Gasteiger partial charge in [0.15, 0.2) is 0 Å². The van der Waals surface area contributed by atoms with Gasteiger partial charge >= 0.3 is 6.03 Å². The molecule has 0 saturated heterocycles. The maximum Gasteiger partial charge on any atom is 0.322 e. The third-order valence-electron chi connectivity index (χ3n) is 6.08. The first kappa shape index (κ1) is 29.0. The highest BCUT2D eigenvalue weighted by atomic mass is 35.5. The van der Waals surface area contributed by atoms with Gasteiger partial charge in [-0.1, -0.05) is 67.4 Å². The number of anilines is 2. The van der Waals surface area contributed by atoms with Crippen molar-refractivity contribution in [1.82, 2.24) is 14.7 Å². The number of nitrogens with one attached hydrogen (secondary N) is 2. The lowest BCUT2D eigenvalue weighted by atomic mass is 10.1. The number of aromatic nitrogens is 2. The third kappa shape index (κ3) is 6.94. The highest BCUT2D eigenvalue weighted by Crippen LogP contribution is 2.34. The number of methoxy groups -OCH3 is 1. The van der Waals surface area contributed by atoms with E-state index in [-0.39, 0.29) is 18.4 Å². The molecule has 40 heavy (non-hydrogen) atoms. The van der Waals surface area contributed by atoms with Crippen molar-refractivity contribution in [2.45, 2.75) is 20.8 Å². The van der Waals surface area contributed by atoms with E-state index >= 15 is 0 Å². The molecule has 0 spiro atoms. The monoisotopic (exact) mass is 579 g/mol. The molecule has 2 N–H and O–H groups in total. The van der Waals surface area contributed by atoms with Crippen molar-refractivity contribution in [3.8, 4) is 22.6 Å². The van der Waals surface area contributed by atoms with Gasteiger partial charge in [0.05, 0.1) is 29.2 Å². The van der Waals surface area contributed by atoms with Gasteiger partial charge < -0.3 is 20.3 Å². The molecule has 0 radical (unpaired) electrons. The molecule has 0 unspecified atom stereocenters. The summed E-state index contributed by atoms with van der Waals surface area (Å²) in [6.45, 7) is 6.02. The number of hydrogen-bond donors (Lipinski definition) is 2. The fourth-order valence-corrected chi connectivity index (χ4v) is 4.75. The first-order valence-corrected chi connectivity index (χ1v) is 13.5. The molecule has 1 aromatic heterocycles. The molecule has 4 aromatic rings. The Morgan fingerprint density at radius 3 is 2.33 bits per heavy atom. The number of rotatable bonds is 9. The van der Waals surface area contributed by atoms with Crippen LogP contribution < -0.4 is 15.4 Å². The number of benzene rings is 3. The molecule has 3 aromatic carbocycles. The van der Waals surface area contributed by atoms with E-state index in [1.807, 2.05) is 75.4 Å². The summed E-state index contributed by atoms with van der Waals surface area (Å²) in [5.74, 6) is 0.957. The van der Waals surface area contributed by atoms with Crippen LogP contribution in [-0.4, -0.2) is 46.8 Å². The maximum absolute atomic E-state index is 13.5. The SMILES string of the molecule is COc1ccc(-n2nc(C)c(-c3ccccc3)c2NC(=O)CN(CC(C)C)C(=O)Nc2ccc(Cl)cc2Cl)cc1. The largest absolute Gasteiger partial charge is 0.497 e. The Labute approximate surface area is 243 Å². The van der Waals surface area contributed by atoms with Crippen LogP contribution in [0.1, 0.15) is 19.5 Å². The molecule has 8 nitrogen and oxygen atoms in total. The van der Waals surface area contributed by atoms with Crippen LogP contribution in [0.2, 0.25) is 10.0 Å². The predicted octanol–water partition coefficient (Wildman–Crippen LogP) is 7.29. The zero-order chi connectivity index (χ0) is 28.8. The summed E-state index contributed by atoms with van der Waals surface area (Å²) in [5.41, 5.74) is 3.59. The van der Waals surface area contributed by atoms with Crippen LogP contribution in [0.5, 0.6) is 5.75 Å². The second kappa shape index (κ2) is 12.9. The Balaban J connectivity index is 1.64. The zero-order valence-electron chi connectivity index (χ0n) is 22.7. The lowest BCUT2D eigenvalue weighted by Crippen LogP contribution is -2.42. The van der Waals surface area contributed by atoms with E-state index < -0.39 is 6.03 Å². The standard InChI is InChI=1S/C30H31Cl2N5O3/c1-19(2)17-36(30(39)33-26-15-10-22(31)16-25(26)32)18-27(38)34-29-28(21-8-6-5-7-9-21)20(3)35-37(29)23-11-13-24(40-4)14-12-23/h5-16,19H,17-18H2,1-4H3,(H,33,39)(H,34,38). The van der Waals surface area contributed by atoms with Gasteiger partial charge in [0.1, 0.15) is 18.1 Å². The van der Waals surface area contributed by atoms with Gasteiger partial charge in [-0.25, -0.2) is 9.48 Å². The maximum atomic E-state index is 13.5. The second-order valence-corrected chi connectivity index (χ2v) is 10.5. The van der Waals surface area contributed by atoms with Crippen molar-refractivity contribution in [3.05, 3.63) is 88.5 Å². The highest BCUT2D eigenvalue weighted by molar-refractivity contribution is 6.36. The minimum Gasteiger partial charge on any atom is -0.497 e. The average Bonchev–Trinajstić information content (AvgIpc) is 3.25. The third-order valence-corrected chi connectivity index (χ3v) is 6.63. The molecule has 0 fully saturated rings. The van der Waals surface area contributed by atoms with Crippen molar-refractivity contribution < 1.29 is 14.3 Å². The summed E-state index contributed by atoms with van der Waals surface area (Å²) >= 11 is 12.2. The van der Waals surface area contributed by atoms with Crippen molar-refractivity contribution in [1.29, 1.82) is 0 Å². The zero-order valence-corrected chi connectivity index (χ0v) is 24.3. The van der Waals surface area contributed by atoms with Gasteiger partial charge in [-0.3, -0.25) is 4.79 Å². The number of halogens is 2. The van der Waals surface area contributed by atoms with Crippen LogP contribution in [0.3, 0.4) is 0 Å². The second-order valence-electron chi connectivity index (χ2n) is 9.66. The Hall–Kier alpha value is -4.01. The van der Waals surface area contributed by atoms with Crippen LogP contribution in [0.25, 0.3) is 16.8 Å². The first-order valence-electron chi connectivity index (χ1n) is 12.8. The van der Waals surface area contributed by atoms with Gasteiger partial charge in [-0.2, -0.15) is 5.10 Å². The van der Waals surface area contributed by atoms with E-state index in [1.54, 1.807) is 30.0 Å². The normalized spacial score (nSPS) is 10.9. The topological polar surface area (TPSA) is 88.5 Å². The number of hydrogen-bond acceptors (Lipinski definition) is 4. The molecule has 3 amide bonds. The van der Waals surface area contributed by atoms with E-state index in [2.05, 4.69) is 10.6 Å². The molecule has 0 aliphatic carbocycles. The summed E-state index contributed by atoms with van der Waals surface area (Å²) in [7, 11) is 1.60. The number of ether oxygens (including phenoxy) is 1. The Morgan fingerprint density at radius 1 is 1.00 bits per heavy atom. The fourth-order valence-electron chi connectivity index (χ4n) is 4.29. The molecule has 0 atom stereocenters. The number of nitrogens with zero attached hydrogens (tertiary/aromatic N) is 3. The van der Waals surface area contributed by atoms with Crippen LogP contribution in [-0.2, 0) is 4.79 Å². The van der Waals surface area contributed by atoms with Gasteiger partial charge in [-0.05, 0) is 60.9 Å². The van der Waals surface area contributed by atoms with Gasteiger partial charge in [0.2, 0.25) is 5.91 Å². The first-order chi connectivity index (χ1) is 19.2. The predicted molar refractivity (Wildman–Crippen MR) is 161 cm³/mol. The van der Waals surface area contributed by atoms with Crippen LogP contribution >= 0.6 is 23.2 Å². The Kier molecular flexibility index (Phi) is 9.34. The fraction of sp³-hybridized carbons (Fsp3) is 0.233. The van der Waals surface area contributed by atoms with Crippen molar-refractivity contribution in [2.24, 2.45) is 5.92 Å². The van der Waals surface area contributed by atoms with E-state index in [1.165, 1.54) is 4.90 Å². The summed E-state index contributed by atoms with van der Waals surface area (Å²) in [5, 5.41) is 11.3. The number of amides is 3. The lowest BCUT2D eigenvalue weighted by molar-refractivity contribution is -0.116. The van der Waals surface area contributed by atoms with Crippen molar-refractivity contribution in [3.63, 3.8) is 0 Å². The molecule has 4 rings (SSSR count). The van der Waals surface area contributed by atoms with Crippen LogP contribution in [0.15, 0.2) is 72.8 Å². The van der Waals surface area contributed by atoms with E-state index in [4.69, 9.17) is 33.0 Å². The number of aryl methyl sites for hydroxylation is 1. The summed E-state index contributed by atoms with van der Waals surface area (Å²) in [6, 6.07) is 21.5. The Morgan fingerprint density at radius 2 is 1.70 bits per heavy atom. The average molecular weight is 581 g/mol. The molecule has 0 aliphatic rings. The quantitative estimate of drug-likeness (QED) is 0.218. The van der Waals surface area contributed by atoms with E-state index in [9.17, 15) is 9.59 Å². The molecule has 10 heteroatoms. The van der Waals surface area contributed by atoms with Crippen LogP contribution in [0, 0.1) is 12.8 Å². The summed E-state index contributed by atoms with van der Waals surface area (Å²) in [4.78, 5) is 28.2. The van der Waals surface area contributed by atoms with Gasteiger partial charge in [0.25, 0.3) is 0 Å². The molecular weight excluding hydrogens is 549 g/mol. The molecule has 0 saturated carbocycles. The summed E-state index contributed by atoms with van der Waals surface area (Å²) < 4.78 is 6.98.